The van der Waals surface area contributed by atoms with E-state index in [2.05, 4.69) is 19.9 Å². The first-order valence-electron chi connectivity index (χ1n) is 4.46. The lowest BCUT2D eigenvalue weighted by Crippen LogP contribution is -2.27. The lowest BCUT2D eigenvalue weighted by molar-refractivity contribution is -0.177. The van der Waals surface area contributed by atoms with Gasteiger partial charge in [-0.25, -0.2) is 15.0 Å². The Morgan fingerprint density at radius 1 is 1.47 bits per heavy atom. The van der Waals surface area contributed by atoms with Crippen molar-refractivity contribution in [3.05, 3.63) is 12.2 Å². The van der Waals surface area contributed by atoms with E-state index in [9.17, 15) is 10.2 Å². The number of nitrogens with zero attached hydrogens (tertiary/aromatic N) is 3. The van der Waals surface area contributed by atoms with Crippen LogP contribution >= 0.6 is 0 Å². The Balaban J connectivity index is 2.63. The molecule has 0 aliphatic carbocycles. The van der Waals surface area contributed by atoms with Gasteiger partial charge in [0.25, 0.3) is 0 Å². The normalized spacial score (nSPS) is 12.2. The van der Waals surface area contributed by atoms with Crippen molar-refractivity contribution in [2.45, 2.75) is 19.1 Å². The van der Waals surface area contributed by atoms with Gasteiger partial charge in [0.1, 0.15) is 5.52 Å². The van der Waals surface area contributed by atoms with Gasteiger partial charge in [-0.2, -0.15) is 0 Å². The van der Waals surface area contributed by atoms with Crippen LogP contribution in [-0.2, 0) is 5.79 Å². The van der Waals surface area contributed by atoms with Crippen LogP contribution in [0.25, 0.3) is 11.2 Å². The Hall–Kier alpha value is -1.73. The molecular weight excluding hydrogens is 198 g/mol. The summed E-state index contributed by atoms with van der Waals surface area (Å²) >= 11 is 0. The number of rotatable bonds is 2. The van der Waals surface area contributed by atoms with Crippen LogP contribution in [0.5, 0.6) is 0 Å². The summed E-state index contributed by atoms with van der Waals surface area (Å²) in [5.41, 5.74) is 6.42. The van der Waals surface area contributed by atoms with Gasteiger partial charge < -0.3 is 20.9 Å². The second kappa shape index (κ2) is 3.14. The van der Waals surface area contributed by atoms with Crippen LogP contribution in [0, 0.1) is 0 Å². The van der Waals surface area contributed by atoms with E-state index in [-0.39, 0.29) is 18.1 Å². The maximum Gasteiger partial charge on any atom is 0.225 e. The van der Waals surface area contributed by atoms with Gasteiger partial charge >= 0.3 is 0 Å². The average molecular weight is 209 g/mol. The van der Waals surface area contributed by atoms with E-state index in [4.69, 9.17) is 5.73 Å². The van der Waals surface area contributed by atoms with Crippen LogP contribution in [0.15, 0.2) is 6.33 Å². The van der Waals surface area contributed by atoms with Crippen LogP contribution in [0.4, 0.5) is 5.82 Å². The van der Waals surface area contributed by atoms with Gasteiger partial charge in [-0.05, 0) is 0 Å². The third-order valence-electron chi connectivity index (χ3n) is 2.16. The molecule has 7 nitrogen and oxygen atoms in total. The largest absolute Gasteiger partial charge is 0.382 e. The standard InChI is InChI=1S/C8H11N5O2/c1-2-8(14,15)7-12-5(9)4-6(13-7)11-3-10-4/h3,14-15H,2H2,1H3,(H3,9,10,11,12,13). The van der Waals surface area contributed by atoms with Gasteiger partial charge in [0, 0.05) is 6.42 Å². The first-order chi connectivity index (χ1) is 7.04. The Morgan fingerprint density at radius 3 is 2.87 bits per heavy atom. The van der Waals surface area contributed by atoms with Gasteiger partial charge in [-0.15, -0.1) is 0 Å². The van der Waals surface area contributed by atoms with E-state index in [1.807, 2.05) is 0 Å². The van der Waals surface area contributed by atoms with Gasteiger partial charge in [-0.1, -0.05) is 6.92 Å². The zero-order valence-corrected chi connectivity index (χ0v) is 8.10. The minimum absolute atomic E-state index is 0.0718. The average Bonchev–Trinajstić information content (AvgIpc) is 2.66. The number of hydrogen-bond acceptors (Lipinski definition) is 6. The number of H-pyrrole nitrogens is 1. The van der Waals surface area contributed by atoms with E-state index in [1.54, 1.807) is 6.92 Å². The Bertz CT molecular complexity index is 493. The molecule has 7 heteroatoms. The summed E-state index contributed by atoms with van der Waals surface area (Å²) in [6, 6.07) is 0. The van der Waals surface area contributed by atoms with E-state index in [0.29, 0.717) is 11.2 Å². The summed E-state index contributed by atoms with van der Waals surface area (Å²) in [6.07, 6.45) is 1.49. The van der Waals surface area contributed by atoms with Crippen molar-refractivity contribution in [2.24, 2.45) is 0 Å². The van der Waals surface area contributed by atoms with E-state index >= 15 is 0 Å². The molecule has 0 aromatic carbocycles. The molecule has 0 amide bonds. The number of aliphatic hydroxyl groups is 2. The molecule has 0 unspecified atom stereocenters. The van der Waals surface area contributed by atoms with Crippen molar-refractivity contribution in [3.63, 3.8) is 0 Å². The third kappa shape index (κ3) is 1.51. The van der Waals surface area contributed by atoms with E-state index < -0.39 is 5.79 Å². The molecule has 0 fully saturated rings. The van der Waals surface area contributed by atoms with Crippen LogP contribution in [0.2, 0.25) is 0 Å². The van der Waals surface area contributed by atoms with Gasteiger partial charge in [0.15, 0.2) is 17.3 Å². The highest BCUT2D eigenvalue weighted by Crippen LogP contribution is 2.21. The quantitative estimate of drug-likeness (QED) is 0.494. The SMILES string of the molecule is CCC(O)(O)c1nc(N)c2[nH]cnc2n1. The first-order valence-corrected chi connectivity index (χ1v) is 4.46. The first kappa shape index (κ1) is 9.81. The number of aromatic amines is 1. The number of imidazole rings is 1. The maximum atomic E-state index is 9.55. The second-order valence-electron chi connectivity index (χ2n) is 3.20. The van der Waals surface area contributed by atoms with Crippen molar-refractivity contribution in [3.8, 4) is 0 Å². The van der Waals surface area contributed by atoms with Gasteiger partial charge in [0.2, 0.25) is 5.79 Å². The number of nitrogens with two attached hydrogens (primary N) is 1. The lowest BCUT2D eigenvalue weighted by Gasteiger charge is -2.17. The molecule has 2 rings (SSSR count). The molecule has 2 heterocycles. The fourth-order valence-corrected chi connectivity index (χ4v) is 1.19. The molecule has 0 bridgehead atoms. The molecule has 2 aromatic heterocycles. The smallest absolute Gasteiger partial charge is 0.225 e. The number of nitrogen functional groups attached to an aromatic ring is 1. The summed E-state index contributed by atoms with van der Waals surface area (Å²) in [6.45, 7) is 1.61. The minimum Gasteiger partial charge on any atom is -0.382 e. The summed E-state index contributed by atoms with van der Waals surface area (Å²) in [5, 5.41) is 19.1. The summed E-state index contributed by atoms with van der Waals surface area (Å²) < 4.78 is 0. The molecule has 0 atom stereocenters. The van der Waals surface area contributed by atoms with Crippen LogP contribution in [-0.4, -0.2) is 30.1 Å². The number of fused-ring (bicyclic) bond motifs is 1. The predicted molar refractivity (Wildman–Crippen MR) is 52.5 cm³/mol. The molecule has 0 spiro atoms. The number of hydrogen-bond donors (Lipinski definition) is 4. The maximum absolute atomic E-state index is 9.55. The van der Waals surface area contributed by atoms with Crippen LogP contribution < -0.4 is 5.73 Å². The predicted octanol–water partition coefficient (Wildman–Crippen LogP) is -0.518. The van der Waals surface area contributed by atoms with Crippen LogP contribution in [0.1, 0.15) is 19.2 Å². The fourth-order valence-electron chi connectivity index (χ4n) is 1.19. The minimum atomic E-state index is -2.07. The highest BCUT2D eigenvalue weighted by Gasteiger charge is 2.28. The highest BCUT2D eigenvalue weighted by molar-refractivity contribution is 5.80. The van der Waals surface area contributed by atoms with E-state index in [1.165, 1.54) is 6.33 Å². The topological polar surface area (TPSA) is 121 Å². The van der Waals surface area contributed by atoms with Gasteiger partial charge in [-0.3, -0.25) is 0 Å². The van der Waals surface area contributed by atoms with Crippen molar-refractivity contribution in [1.29, 1.82) is 0 Å². The lowest BCUT2D eigenvalue weighted by atomic mass is 10.2. The Morgan fingerprint density at radius 2 is 2.20 bits per heavy atom. The summed E-state index contributed by atoms with van der Waals surface area (Å²) in [4.78, 5) is 14.4. The van der Waals surface area contributed by atoms with Crippen molar-refractivity contribution in [2.75, 3.05) is 5.73 Å². The van der Waals surface area contributed by atoms with Gasteiger partial charge in [0.05, 0.1) is 6.33 Å². The monoisotopic (exact) mass is 209 g/mol. The summed E-state index contributed by atoms with van der Waals surface area (Å²) in [7, 11) is 0. The summed E-state index contributed by atoms with van der Waals surface area (Å²) in [5.74, 6) is -2.06. The molecule has 5 N–H and O–H groups in total. The van der Waals surface area contributed by atoms with Crippen molar-refractivity contribution >= 4 is 17.0 Å². The second-order valence-corrected chi connectivity index (χ2v) is 3.20. The number of anilines is 1. The molecule has 0 radical (unpaired) electrons. The van der Waals surface area contributed by atoms with Crippen molar-refractivity contribution < 1.29 is 10.2 Å². The van der Waals surface area contributed by atoms with E-state index in [0.717, 1.165) is 0 Å². The molecule has 80 valence electrons. The third-order valence-corrected chi connectivity index (χ3v) is 2.16. The van der Waals surface area contributed by atoms with Crippen molar-refractivity contribution in [1.82, 2.24) is 19.9 Å². The molecular formula is C8H11N5O2. The number of aromatic nitrogens is 4. The zero-order chi connectivity index (χ0) is 11.1. The Labute approximate surface area is 85.0 Å². The molecule has 0 aliphatic heterocycles. The molecule has 0 aliphatic rings. The Kier molecular flexibility index (Phi) is 2.06. The molecule has 0 saturated carbocycles. The van der Waals surface area contributed by atoms with Crippen LogP contribution in [0.3, 0.4) is 0 Å². The molecule has 2 aromatic rings. The molecule has 0 saturated heterocycles. The fraction of sp³-hybridized carbons (Fsp3) is 0.375. The zero-order valence-electron chi connectivity index (χ0n) is 8.10. The number of nitrogens with one attached hydrogen (secondary N) is 1. The highest BCUT2D eigenvalue weighted by atomic mass is 16.5. The molecule has 15 heavy (non-hydrogen) atoms.